The fourth-order valence-electron chi connectivity index (χ4n) is 12.9. The van der Waals surface area contributed by atoms with Crippen molar-refractivity contribution in [2.24, 2.45) is 5.41 Å². The van der Waals surface area contributed by atoms with Crippen molar-refractivity contribution in [3.05, 3.63) is 81.8 Å². The van der Waals surface area contributed by atoms with Gasteiger partial charge in [0.1, 0.15) is 52.5 Å². The third-order valence-electron chi connectivity index (χ3n) is 17.9. The highest BCUT2D eigenvalue weighted by Crippen LogP contribution is 2.42. The molecule has 1 aliphatic carbocycles. The van der Waals surface area contributed by atoms with E-state index in [1.165, 1.54) is 29.2 Å². The quantitative estimate of drug-likeness (QED) is 0.0299. The molecule has 5 atom stereocenters. The van der Waals surface area contributed by atoms with E-state index in [1.54, 1.807) is 38.3 Å². The van der Waals surface area contributed by atoms with Crippen molar-refractivity contribution in [2.75, 3.05) is 50.8 Å². The number of hydrogen-bond donors (Lipinski definition) is 5. The van der Waals surface area contributed by atoms with Gasteiger partial charge in [0, 0.05) is 90.9 Å². The first-order valence-corrected chi connectivity index (χ1v) is 31.8. The first-order valence-electron chi connectivity index (χ1n) is 30.9. The van der Waals surface area contributed by atoms with Crippen molar-refractivity contribution in [3.63, 3.8) is 0 Å². The Kier molecular flexibility index (Phi) is 18.6. The number of rotatable bonds is 23. The number of aliphatic hydroxyl groups is 1. The summed E-state index contributed by atoms with van der Waals surface area (Å²) >= 11 is 1.56. The maximum atomic E-state index is 17.1. The molecular formula is C66H79F3N10O7S. The van der Waals surface area contributed by atoms with Crippen LogP contribution in [0.4, 0.5) is 19.0 Å². The number of aliphatic hydroxyl groups excluding tert-OH is 1. The van der Waals surface area contributed by atoms with Crippen LogP contribution in [-0.2, 0) is 20.9 Å². The number of phenols is 1. The van der Waals surface area contributed by atoms with E-state index < -0.39 is 58.6 Å². The summed E-state index contributed by atoms with van der Waals surface area (Å²) in [6.07, 6.45) is 18.7. The second kappa shape index (κ2) is 26.3. The number of nitrogens with zero attached hydrogens (tertiary/aromatic N) is 7. The van der Waals surface area contributed by atoms with E-state index in [-0.39, 0.29) is 90.0 Å². The van der Waals surface area contributed by atoms with Crippen molar-refractivity contribution in [1.29, 1.82) is 0 Å². The van der Waals surface area contributed by atoms with Crippen LogP contribution < -0.4 is 30.3 Å². The van der Waals surface area contributed by atoms with Crippen LogP contribution >= 0.6 is 11.3 Å². The number of aryl methyl sites for hydroxylation is 1. The molecule has 5 N–H and O–H groups in total. The standard InChI is InChI=1S/C66H79F3N10O7S/c1-6-48-51(67)20-17-40-29-45(80)31-49(54(40)48)57-55(68)58-50(34-70-57)60(78-35-43-18-19-44(36-78)73-43)76-64(74-58)86-47-21-26-77(27-22-47)25-13-11-9-7-8-10-12-14-28-85-53-30-41(56-39(2)87-38-72-56)15-16-42(53)33-71-61(82)52-32-46(81)37-79(52)62(83)59(65(3,4)5)75-63(84)66(69)23-24-66/h1,15-17,20,29-31,34,38,43-44,46-47,52,59,73,80-81H,7-14,18-19,21-28,32-33,35-37H2,2-5H3,(H,71,82)(H,75,84)/t43?,44?,46-,52+,59?/m1/s1. The van der Waals surface area contributed by atoms with E-state index >= 15 is 8.78 Å². The van der Waals surface area contributed by atoms with Crippen LogP contribution in [0.25, 0.3) is 44.2 Å². The Morgan fingerprint density at radius 1 is 0.920 bits per heavy atom. The molecule has 3 unspecified atom stereocenters. The summed E-state index contributed by atoms with van der Waals surface area (Å²) in [6, 6.07) is 9.96. The fraction of sp³-hybridized carbons (Fsp3) is 0.530. The van der Waals surface area contributed by atoms with Gasteiger partial charge in [0.2, 0.25) is 11.8 Å². The van der Waals surface area contributed by atoms with Crippen molar-refractivity contribution < 1.29 is 47.2 Å². The highest BCUT2D eigenvalue weighted by atomic mass is 32.1. The first kappa shape index (κ1) is 61.5. The van der Waals surface area contributed by atoms with Crippen LogP contribution in [0.2, 0.25) is 0 Å². The lowest BCUT2D eigenvalue weighted by molar-refractivity contribution is -0.145. The van der Waals surface area contributed by atoms with E-state index in [0.717, 1.165) is 118 Å². The Labute approximate surface area is 510 Å². The Morgan fingerprint density at radius 3 is 2.33 bits per heavy atom. The number of hydrogen-bond acceptors (Lipinski definition) is 15. The average molecular weight is 1210 g/mol. The van der Waals surface area contributed by atoms with Crippen LogP contribution in [0.3, 0.4) is 0 Å². The summed E-state index contributed by atoms with van der Waals surface area (Å²) < 4.78 is 59.9. The molecule has 21 heteroatoms. The number of thiazole rings is 1. The van der Waals surface area contributed by atoms with Crippen molar-refractivity contribution in [2.45, 2.75) is 173 Å². The predicted molar refractivity (Wildman–Crippen MR) is 329 cm³/mol. The Bertz CT molecular complexity index is 3550. The van der Waals surface area contributed by atoms with Crippen LogP contribution in [-0.4, -0.2) is 146 Å². The number of benzene rings is 3. The fourth-order valence-corrected chi connectivity index (χ4v) is 13.5. The highest BCUT2D eigenvalue weighted by molar-refractivity contribution is 7.10. The molecule has 462 valence electrons. The predicted octanol–water partition coefficient (Wildman–Crippen LogP) is 9.84. The third-order valence-corrected chi connectivity index (χ3v) is 18.7. The van der Waals surface area contributed by atoms with Gasteiger partial charge in [-0.3, -0.25) is 19.4 Å². The number of piperazine rings is 1. The molecule has 3 aromatic heterocycles. The first-order chi connectivity index (χ1) is 41.8. The number of fused-ring (bicyclic) bond motifs is 4. The lowest BCUT2D eigenvalue weighted by Gasteiger charge is -2.35. The number of nitrogens with one attached hydrogen (secondary N) is 3. The molecule has 87 heavy (non-hydrogen) atoms. The zero-order chi connectivity index (χ0) is 61.1. The van der Waals surface area contributed by atoms with Gasteiger partial charge in [-0.2, -0.15) is 9.97 Å². The molecule has 1 saturated carbocycles. The molecular weight excluding hydrogens is 1130 g/mol. The molecule has 5 aliphatic rings. The van der Waals surface area contributed by atoms with Gasteiger partial charge in [0.05, 0.1) is 34.9 Å². The number of alkyl halides is 1. The van der Waals surface area contributed by atoms with Crippen molar-refractivity contribution >= 4 is 56.6 Å². The van der Waals surface area contributed by atoms with Gasteiger partial charge in [0.25, 0.3) is 5.91 Å². The zero-order valence-corrected chi connectivity index (χ0v) is 50.9. The number of piperidine rings is 1. The maximum absolute atomic E-state index is 17.1. The summed E-state index contributed by atoms with van der Waals surface area (Å²) in [5.74, 6) is 0.274. The highest BCUT2D eigenvalue weighted by Gasteiger charge is 2.53. The molecule has 3 amide bonds. The number of β-amino-alcohol motifs (C(OH)–C–C–N with tert-alkyl or cyclic N) is 1. The van der Waals surface area contributed by atoms with Crippen LogP contribution in [0.15, 0.2) is 54.2 Å². The van der Waals surface area contributed by atoms with Crippen LogP contribution in [0.1, 0.15) is 133 Å². The number of carbonyl (C=O) groups excluding carboxylic acids is 3. The summed E-state index contributed by atoms with van der Waals surface area (Å²) in [5, 5.41) is 31.8. The minimum absolute atomic E-state index is 0.0298. The molecule has 6 aromatic rings. The van der Waals surface area contributed by atoms with Gasteiger partial charge >= 0.3 is 6.01 Å². The molecule has 7 heterocycles. The SMILES string of the molecule is C#Cc1c(F)ccc2cc(O)cc(-c3ncc4c(N5CC6CCC(C5)N6)nc(OC5CCN(CCCCCCCCCCOc6cc(-c7ncsc7C)ccc6CNC(=O)[C@@H]6C[C@@H](O)CN6C(=O)C(NC(=O)C6(F)CC6)C(C)(C)C)CC5)nc4c3F)c12. The summed E-state index contributed by atoms with van der Waals surface area (Å²) in [7, 11) is 0. The largest absolute Gasteiger partial charge is 0.508 e. The number of aromatic nitrogens is 4. The van der Waals surface area contributed by atoms with E-state index in [0.29, 0.717) is 42.0 Å². The monoisotopic (exact) mass is 1210 g/mol. The number of carbonyl (C=O) groups is 3. The summed E-state index contributed by atoms with van der Waals surface area (Å²) in [6.45, 7) is 12.0. The average Bonchev–Trinajstić information content (AvgIpc) is 1.66. The number of pyridine rings is 1. The second-order valence-corrected chi connectivity index (χ2v) is 26.5. The Morgan fingerprint density at radius 2 is 1.64 bits per heavy atom. The van der Waals surface area contributed by atoms with Gasteiger partial charge in [-0.05, 0) is 99.9 Å². The lowest BCUT2D eigenvalue weighted by Crippen LogP contribution is -2.59. The number of halogens is 3. The van der Waals surface area contributed by atoms with E-state index in [2.05, 4.69) is 41.6 Å². The minimum atomic E-state index is -1.98. The van der Waals surface area contributed by atoms with E-state index in [9.17, 15) is 29.0 Å². The number of likely N-dealkylation sites (tertiary alicyclic amines) is 2. The van der Waals surface area contributed by atoms with Gasteiger partial charge in [-0.1, -0.05) is 83.4 Å². The third kappa shape index (κ3) is 13.9. The molecule has 3 aromatic carbocycles. The van der Waals surface area contributed by atoms with Crippen molar-refractivity contribution in [3.8, 4) is 52.4 Å². The number of ether oxygens (including phenoxy) is 2. The normalized spacial score (nSPS) is 20.6. The number of aromatic hydroxyl groups is 1. The lowest BCUT2D eigenvalue weighted by atomic mass is 9.85. The zero-order valence-electron chi connectivity index (χ0n) is 50.1. The molecule has 0 spiro atoms. The molecule has 17 nitrogen and oxygen atoms in total. The topological polar surface area (TPSA) is 208 Å². The van der Waals surface area contributed by atoms with Gasteiger partial charge in [-0.25, -0.2) is 18.2 Å². The molecule has 4 saturated heterocycles. The Hall–Kier alpha value is -7.12. The number of anilines is 1. The molecule has 5 fully saturated rings. The molecule has 2 bridgehead atoms. The smallest absolute Gasteiger partial charge is 0.319 e. The number of amides is 3. The molecule has 0 radical (unpaired) electrons. The Balaban J connectivity index is 0.632. The van der Waals surface area contributed by atoms with E-state index in [4.69, 9.17) is 25.9 Å². The second-order valence-electron chi connectivity index (χ2n) is 25.5. The number of phenolic OH excluding ortho intramolecular Hbond substituents is 1. The van der Waals surface area contributed by atoms with Crippen LogP contribution in [0.5, 0.6) is 17.5 Å². The van der Waals surface area contributed by atoms with Gasteiger partial charge in [-0.15, -0.1) is 17.8 Å². The van der Waals surface area contributed by atoms with Gasteiger partial charge < -0.3 is 50.3 Å². The van der Waals surface area contributed by atoms with Crippen molar-refractivity contribution in [1.82, 2.24) is 45.7 Å². The molecule has 4 aliphatic heterocycles. The number of terminal acetylenes is 1. The number of unbranched alkanes of at least 4 members (excludes halogenated alkanes) is 7. The van der Waals surface area contributed by atoms with Crippen LogP contribution in [0, 0.1) is 36.3 Å². The summed E-state index contributed by atoms with van der Waals surface area (Å²) in [4.78, 5) is 66.4. The molecule has 11 rings (SSSR count). The van der Waals surface area contributed by atoms with E-state index in [1.807, 2.05) is 30.6 Å². The summed E-state index contributed by atoms with van der Waals surface area (Å²) in [5.41, 5.74) is 1.59. The minimum Gasteiger partial charge on any atom is -0.508 e. The maximum Gasteiger partial charge on any atom is 0.319 e. The van der Waals surface area contributed by atoms with Gasteiger partial charge in [0.15, 0.2) is 11.5 Å².